The lowest BCUT2D eigenvalue weighted by Crippen LogP contribution is -2.22. The summed E-state index contributed by atoms with van der Waals surface area (Å²) in [6, 6.07) is 2.10. The van der Waals surface area contributed by atoms with E-state index >= 15 is 0 Å². The molecule has 0 bridgehead atoms. The molecule has 0 spiro atoms. The second kappa shape index (κ2) is 11.0. The zero-order valence-electron chi connectivity index (χ0n) is 15.0. The third-order valence-electron chi connectivity index (χ3n) is 4.52. The number of aliphatic imine (C=N–C) groups is 1. The van der Waals surface area contributed by atoms with E-state index in [-0.39, 0.29) is 6.10 Å². The molecule has 0 N–H and O–H groups in total. The molecule has 0 amide bonds. The van der Waals surface area contributed by atoms with Crippen LogP contribution in [0, 0.1) is 17.2 Å². The quantitative estimate of drug-likeness (QED) is 0.473. The first-order valence-electron chi connectivity index (χ1n) is 9.15. The van der Waals surface area contributed by atoms with Crippen molar-refractivity contribution >= 4 is 11.7 Å². The fourth-order valence-electron chi connectivity index (χ4n) is 3.15. The molecule has 25 heavy (non-hydrogen) atoms. The number of hydrogen-bond donors (Lipinski definition) is 0. The summed E-state index contributed by atoms with van der Waals surface area (Å²) in [5, 5.41) is 9.42. The van der Waals surface area contributed by atoms with Gasteiger partial charge in [0.2, 0.25) is 0 Å². The van der Waals surface area contributed by atoms with Gasteiger partial charge in [-0.3, -0.25) is 9.79 Å². The number of rotatable bonds is 9. The molecule has 2 unspecified atom stereocenters. The maximum Gasteiger partial charge on any atom is 0.327 e. The third kappa shape index (κ3) is 6.60. The number of allylic oxidation sites excluding steroid dienone is 1. The van der Waals surface area contributed by atoms with Crippen molar-refractivity contribution in [3.63, 3.8) is 0 Å². The van der Waals surface area contributed by atoms with Crippen LogP contribution in [-0.4, -0.2) is 51.3 Å². The van der Waals surface area contributed by atoms with Crippen LogP contribution in [0.1, 0.15) is 44.9 Å². The van der Waals surface area contributed by atoms with Gasteiger partial charge in [0.15, 0.2) is 5.92 Å². The lowest BCUT2D eigenvalue weighted by atomic mass is 9.89. The van der Waals surface area contributed by atoms with Crippen LogP contribution < -0.4 is 0 Å². The number of carbonyl (C=O) groups excluding carboxylic acids is 1. The third-order valence-corrected chi connectivity index (χ3v) is 4.52. The first kappa shape index (κ1) is 19.6. The van der Waals surface area contributed by atoms with Crippen LogP contribution in [0.5, 0.6) is 0 Å². The number of methoxy groups -OCH3 is 1. The molecule has 1 aliphatic heterocycles. The molecule has 1 heterocycles. The maximum atomic E-state index is 12.3. The van der Waals surface area contributed by atoms with Gasteiger partial charge in [-0.05, 0) is 50.2 Å². The van der Waals surface area contributed by atoms with E-state index in [1.165, 1.54) is 0 Å². The molecule has 2 rings (SSSR count). The Labute approximate surface area is 149 Å². The van der Waals surface area contributed by atoms with E-state index in [9.17, 15) is 10.1 Å². The smallest absolute Gasteiger partial charge is 0.327 e. The van der Waals surface area contributed by atoms with E-state index in [1.54, 1.807) is 7.11 Å². The molecule has 1 aliphatic carbocycles. The summed E-state index contributed by atoms with van der Waals surface area (Å²) in [7, 11) is 1.67. The van der Waals surface area contributed by atoms with Crippen molar-refractivity contribution in [2.24, 2.45) is 10.9 Å². The lowest BCUT2D eigenvalue weighted by molar-refractivity contribution is -0.146. The first-order valence-corrected chi connectivity index (χ1v) is 9.15. The van der Waals surface area contributed by atoms with Crippen molar-refractivity contribution in [3.8, 4) is 6.07 Å². The van der Waals surface area contributed by atoms with Crippen LogP contribution >= 0.6 is 0 Å². The zero-order valence-corrected chi connectivity index (χ0v) is 15.0. The summed E-state index contributed by atoms with van der Waals surface area (Å²) in [6.07, 6.45) is 8.31. The highest BCUT2D eigenvalue weighted by molar-refractivity contribution is 5.97. The van der Waals surface area contributed by atoms with E-state index in [4.69, 9.17) is 14.2 Å². The summed E-state index contributed by atoms with van der Waals surface area (Å²) in [6.45, 7) is 2.49. The summed E-state index contributed by atoms with van der Waals surface area (Å²) in [4.78, 5) is 16.8. The Morgan fingerprint density at radius 1 is 1.44 bits per heavy atom. The Kier molecular flexibility index (Phi) is 8.64. The van der Waals surface area contributed by atoms with Gasteiger partial charge in [0.05, 0.1) is 18.8 Å². The van der Waals surface area contributed by atoms with Gasteiger partial charge in [-0.2, -0.15) is 5.26 Å². The number of nitrogens with zero attached hydrogens (tertiary/aromatic N) is 2. The summed E-state index contributed by atoms with van der Waals surface area (Å²) >= 11 is 0. The maximum absolute atomic E-state index is 12.3. The minimum Gasteiger partial charge on any atom is -0.464 e. The predicted molar refractivity (Wildman–Crippen MR) is 94.4 cm³/mol. The van der Waals surface area contributed by atoms with Gasteiger partial charge in [0.25, 0.3) is 0 Å². The summed E-state index contributed by atoms with van der Waals surface area (Å²) < 4.78 is 15.9. The van der Waals surface area contributed by atoms with Gasteiger partial charge in [-0.1, -0.05) is 0 Å². The zero-order chi connectivity index (χ0) is 17.9. The molecule has 0 aromatic carbocycles. The Bertz CT molecular complexity index is 530. The molecule has 2 aliphatic rings. The number of ether oxygens (including phenoxy) is 3. The molecular weight excluding hydrogens is 320 g/mol. The average Bonchev–Trinajstić information content (AvgIpc) is 3.13. The molecule has 0 radical (unpaired) electrons. The van der Waals surface area contributed by atoms with E-state index in [1.807, 2.05) is 6.08 Å². The van der Waals surface area contributed by atoms with Crippen molar-refractivity contribution < 1.29 is 19.0 Å². The van der Waals surface area contributed by atoms with Crippen molar-refractivity contribution in [1.29, 1.82) is 5.26 Å². The van der Waals surface area contributed by atoms with Crippen LogP contribution in [0.2, 0.25) is 0 Å². The summed E-state index contributed by atoms with van der Waals surface area (Å²) in [5.74, 6) is -1.28. The monoisotopic (exact) mass is 348 g/mol. The standard InChI is InChI=1S/C19H28N2O4/c1-23-10-4-9-21-16-6-2-5-15(13-16)18(14-20)19(22)25-12-8-17-7-3-11-24-17/h13,17-18H,2-12H2,1H3. The molecule has 6 heteroatoms. The Hall–Kier alpha value is -1.71. The van der Waals surface area contributed by atoms with Crippen LogP contribution in [0.3, 0.4) is 0 Å². The normalized spacial score (nSPS) is 23.1. The van der Waals surface area contributed by atoms with Crippen molar-refractivity contribution in [3.05, 3.63) is 11.6 Å². The molecule has 1 fully saturated rings. The Morgan fingerprint density at radius 2 is 2.32 bits per heavy atom. The highest BCUT2D eigenvalue weighted by Gasteiger charge is 2.26. The van der Waals surface area contributed by atoms with Crippen LogP contribution in [-0.2, 0) is 19.0 Å². The van der Waals surface area contributed by atoms with E-state index < -0.39 is 11.9 Å². The Balaban J connectivity index is 1.85. The van der Waals surface area contributed by atoms with Crippen LogP contribution in [0.15, 0.2) is 16.6 Å². The average molecular weight is 348 g/mol. The van der Waals surface area contributed by atoms with Gasteiger partial charge in [0.1, 0.15) is 0 Å². The molecule has 138 valence electrons. The number of nitriles is 1. The molecule has 1 saturated heterocycles. The molecule has 0 saturated carbocycles. The van der Waals surface area contributed by atoms with Gasteiger partial charge in [-0.15, -0.1) is 0 Å². The van der Waals surface area contributed by atoms with Crippen molar-refractivity contribution in [1.82, 2.24) is 0 Å². The molecular formula is C19H28N2O4. The van der Waals surface area contributed by atoms with Crippen molar-refractivity contribution in [2.45, 2.75) is 51.0 Å². The summed E-state index contributed by atoms with van der Waals surface area (Å²) in [5.41, 5.74) is 1.78. The number of carbonyl (C=O) groups is 1. The SMILES string of the molecule is COCCCN=C1C=C(C(C#N)C(=O)OCCC2CCCO2)CCC1. The van der Waals surface area contributed by atoms with Gasteiger partial charge >= 0.3 is 5.97 Å². The highest BCUT2D eigenvalue weighted by Crippen LogP contribution is 2.24. The van der Waals surface area contributed by atoms with Gasteiger partial charge < -0.3 is 14.2 Å². The largest absolute Gasteiger partial charge is 0.464 e. The van der Waals surface area contributed by atoms with E-state index in [2.05, 4.69) is 11.1 Å². The second-order valence-electron chi connectivity index (χ2n) is 6.45. The number of hydrogen-bond acceptors (Lipinski definition) is 6. The first-order chi connectivity index (χ1) is 12.2. The van der Waals surface area contributed by atoms with E-state index in [0.717, 1.165) is 56.4 Å². The minimum absolute atomic E-state index is 0.188. The van der Waals surface area contributed by atoms with Gasteiger partial charge in [-0.25, -0.2) is 0 Å². The molecule has 0 aromatic heterocycles. The number of esters is 1. The van der Waals surface area contributed by atoms with E-state index in [0.29, 0.717) is 26.2 Å². The molecule has 0 aromatic rings. The fraction of sp³-hybridized carbons (Fsp3) is 0.737. The highest BCUT2D eigenvalue weighted by atomic mass is 16.5. The lowest BCUT2D eigenvalue weighted by Gasteiger charge is -2.18. The fourth-order valence-corrected chi connectivity index (χ4v) is 3.15. The van der Waals surface area contributed by atoms with Crippen LogP contribution in [0.25, 0.3) is 0 Å². The predicted octanol–water partition coefficient (Wildman–Crippen LogP) is 2.83. The molecule has 6 nitrogen and oxygen atoms in total. The van der Waals surface area contributed by atoms with Crippen molar-refractivity contribution in [2.75, 3.05) is 33.5 Å². The Morgan fingerprint density at radius 3 is 3.04 bits per heavy atom. The van der Waals surface area contributed by atoms with Crippen LogP contribution in [0.4, 0.5) is 0 Å². The van der Waals surface area contributed by atoms with Gasteiger partial charge in [0, 0.05) is 39.0 Å². The topological polar surface area (TPSA) is 80.9 Å². The second-order valence-corrected chi connectivity index (χ2v) is 6.45. The molecule has 2 atom stereocenters. The minimum atomic E-state index is -0.825.